The smallest absolute Gasteiger partial charge is 0.229 e. The fourth-order valence-corrected chi connectivity index (χ4v) is 3.14. The summed E-state index contributed by atoms with van der Waals surface area (Å²) >= 11 is 0. The second-order valence-corrected chi connectivity index (χ2v) is 7.13. The van der Waals surface area contributed by atoms with Crippen LogP contribution in [0, 0.1) is 5.41 Å². The predicted octanol–water partition coefficient (Wildman–Crippen LogP) is 1.56. The van der Waals surface area contributed by atoms with Gasteiger partial charge in [0, 0.05) is 31.5 Å². The zero-order valence-corrected chi connectivity index (χ0v) is 13.1. The molecule has 1 saturated carbocycles. The molecule has 1 atom stereocenters. The highest BCUT2D eigenvalue weighted by Gasteiger charge is 2.47. The normalized spacial score (nSPS) is 29.7. The molecule has 3 rings (SSSR count). The van der Waals surface area contributed by atoms with Crippen LogP contribution in [0.1, 0.15) is 50.7 Å². The van der Waals surface area contributed by atoms with E-state index in [0.717, 1.165) is 24.8 Å². The van der Waals surface area contributed by atoms with Crippen molar-refractivity contribution in [2.24, 2.45) is 5.41 Å². The third kappa shape index (κ3) is 2.98. The van der Waals surface area contributed by atoms with Crippen LogP contribution in [0.15, 0.2) is 4.52 Å². The first-order chi connectivity index (χ1) is 9.93. The number of hydrogen-bond donors (Lipinski definition) is 1. The summed E-state index contributed by atoms with van der Waals surface area (Å²) in [5, 5.41) is 14.8. The van der Waals surface area contributed by atoms with Crippen molar-refractivity contribution < 1.29 is 14.4 Å². The molecule has 0 bridgehead atoms. The Balaban J connectivity index is 1.62. The van der Waals surface area contributed by atoms with E-state index >= 15 is 0 Å². The number of piperidine rings is 1. The lowest BCUT2D eigenvalue weighted by Crippen LogP contribution is -2.59. The van der Waals surface area contributed by atoms with Crippen molar-refractivity contribution >= 4 is 0 Å². The number of rotatable bonds is 5. The average Bonchev–Trinajstić information content (AvgIpc) is 3.16. The maximum Gasteiger partial charge on any atom is 0.229 e. The molecular weight excluding hydrogens is 270 g/mol. The molecule has 1 aliphatic heterocycles. The highest BCUT2D eigenvalue weighted by atomic mass is 16.5. The zero-order chi connectivity index (χ0) is 15.1. The SMILES string of the molecule is COC[C@]1(O)CCN(Cc2noc(C3CC3)n2)CC1(C)C. The molecule has 1 aromatic rings. The van der Waals surface area contributed by atoms with Gasteiger partial charge in [-0.2, -0.15) is 4.98 Å². The third-order valence-electron chi connectivity index (χ3n) is 4.88. The molecule has 1 saturated heterocycles. The van der Waals surface area contributed by atoms with Crippen LogP contribution in [-0.2, 0) is 11.3 Å². The van der Waals surface area contributed by atoms with Crippen LogP contribution in [0.25, 0.3) is 0 Å². The van der Waals surface area contributed by atoms with Gasteiger partial charge in [0.15, 0.2) is 5.82 Å². The molecule has 0 unspecified atom stereocenters. The topological polar surface area (TPSA) is 71.6 Å². The number of likely N-dealkylation sites (tertiary alicyclic amines) is 1. The Morgan fingerprint density at radius 1 is 1.43 bits per heavy atom. The second kappa shape index (κ2) is 5.34. The number of ether oxygens (including phenoxy) is 1. The molecule has 6 heteroatoms. The van der Waals surface area contributed by atoms with E-state index in [2.05, 4.69) is 28.9 Å². The summed E-state index contributed by atoms with van der Waals surface area (Å²) in [5.74, 6) is 2.04. The molecular formula is C15H25N3O3. The van der Waals surface area contributed by atoms with Gasteiger partial charge in [-0.1, -0.05) is 19.0 Å². The van der Waals surface area contributed by atoms with Gasteiger partial charge in [0.2, 0.25) is 5.89 Å². The van der Waals surface area contributed by atoms with Crippen molar-refractivity contribution in [1.82, 2.24) is 15.0 Å². The lowest BCUT2D eigenvalue weighted by atomic mass is 9.70. The van der Waals surface area contributed by atoms with Crippen LogP contribution in [0.2, 0.25) is 0 Å². The largest absolute Gasteiger partial charge is 0.387 e. The van der Waals surface area contributed by atoms with Crippen molar-refractivity contribution in [2.45, 2.75) is 51.2 Å². The molecule has 21 heavy (non-hydrogen) atoms. The van der Waals surface area contributed by atoms with Crippen molar-refractivity contribution in [1.29, 1.82) is 0 Å². The Kier molecular flexibility index (Phi) is 3.80. The van der Waals surface area contributed by atoms with Gasteiger partial charge >= 0.3 is 0 Å². The fraction of sp³-hybridized carbons (Fsp3) is 0.867. The highest BCUT2D eigenvalue weighted by molar-refractivity contribution is 5.03. The molecule has 0 aromatic carbocycles. The molecule has 1 N–H and O–H groups in total. The fourth-order valence-electron chi connectivity index (χ4n) is 3.14. The quantitative estimate of drug-likeness (QED) is 0.889. The lowest BCUT2D eigenvalue weighted by Gasteiger charge is -2.49. The van der Waals surface area contributed by atoms with Crippen molar-refractivity contribution in [2.75, 3.05) is 26.8 Å². The van der Waals surface area contributed by atoms with Crippen molar-refractivity contribution in [3.8, 4) is 0 Å². The van der Waals surface area contributed by atoms with Crippen LogP contribution in [-0.4, -0.2) is 52.6 Å². The molecule has 118 valence electrons. The van der Waals surface area contributed by atoms with Gasteiger partial charge in [-0.25, -0.2) is 0 Å². The number of aliphatic hydroxyl groups is 1. The van der Waals surface area contributed by atoms with Crippen molar-refractivity contribution in [3.05, 3.63) is 11.7 Å². The molecule has 1 aromatic heterocycles. The summed E-state index contributed by atoms with van der Waals surface area (Å²) in [6.07, 6.45) is 3.03. The van der Waals surface area contributed by atoms with Gasteiger partial charge in [0.25, 0.3) is 0 Å². The van der Waals surface area contributed by atoms with Gasteiger partial charge < -0.3 is 14.4 Å². The van der Waals surface area contributed by atoms with Crippen LogP contribution in [0.3, 0.4) is 0 Å². The molecule has 2 aliphatic rings. The average molecular weight is 295 g/mol. The summed E-state index contributed by atoms with van der Waals surface area (Å²) in [5.41, 5.74) is -1.00. The molecule has 0 amide bonds. The monoisotopic (exact) mass is 295 g/mol. The van der Waals surface area contributed by atoms with E-state index in [9.17, 15) is 5.11 Å². The van der Waals surface area contributed by atoms with Gasteiger partial charge in [-0.15, -0.1) is 0 Å². The Morgan fingerprint density at radius 3 is 2.81 bits per heavy atom. The molecule has 2 heterocycles. The highest BCUT2D eigenvalue weighted by Crippen LogP contribution is 2.40. The van der Waals surface area contributed by atoms with Crippen LogP contribution in [0.5, 0.6) is 0 Å². The minimum Gasteiger partial charge on any atom is -0.387 e. The van der Waals surface area contributed by atoms with Crippen LogP contribution >= 0.6 is 0 Å². The van der Waals surface area contributed by atoms with Gasteiger partial charge in [-0.05, 0) is 19.3 Å². The van der Waals surface area contributed by atoms with E-state index in [1.807, 2.05) is 0 Å². The van der Waals surface area contributed by atoms with Gasteiger partial charge in [-0.3, -0.25) is 4.90 Å². The maximum absolute atomic E-state index is 10.8. The standard InChI is InChI=1S/C15H25N3O3/c1-14(2)9-18(7-6-15(14,19)10-20-3)8-12-16-13(21-17-12)11-4-5-11/h11,19H,4-10H2,1-3H3/t15-/m1/s1. The Morgan fingerprint density at radius 2 is 2.19 bits per heavy atom. The first kappa shape index (κ1) is 14.9. The van der Waals surface area contributed by atoms with Gasteiger partial charge in [0.1, 0.15) is 0 Å². The summed E-state index contributed by atoms with van der Waals surface area (Å²) in [7, 11) is 1.64. The van der Waals surface area contributed by atoms with Crippen LogP contribution in [0.4, 0.5) is 0 Å². The number of hydrogen-bond acceptors (Lipinski definition) is 6. The minimum atomic E-state index is -0.769. The maximum atomic E-state index is 10.8. The van der Waals surface area contributed by atoms with E-state index in [-0.39, 0.29) is 5.41 Å². The summed E-state index contributed by atoms with van der Waals surface area (Å²) in [6, 6.07) is 0. The van der Waals surface area contributed by atoms with E-state index in [1.54, 1.807) is 7.11 Å². The Bertz CT molecular complexity index is 498. The molecule has 2 fully saturated rings. The van der Waals surface area contributed by atoms with E-state index in [4.69, 9.17) is 9.26 Å². The van der Waals surface area contributed by atoms with Gasteiger partial charge in [0.05, 0.1) is 18.8 Å². The third-order valence-corrected chi connectivity index (χ3v) is 4.88. The first-order valence-corrected chi connectivity index (χ1v) is 7.70. The molecule has 1 aliphatic carbocycles. The second-order valence-electron chi connectivity index (χ2n) is 7.13. The van der Waals surface area contributed by atoms with E-state index < -0.39 is 5.60 Å². The Hall–Kier alpha value is -0.980. The zero-order valence-electron chi connectivity index (χ0n) is 13.1. The van der Waals surface area contributed by atoms with E-state index in [0.29, 0.717) is 25.5 Å². The summed E-state index contributed by atoms with van der Waals surface area (Å²) < 4.78 is 10.5. The minimum absolute atomic E-state index is 0.232. The summed E-state index contributed by atoms with van der Waals surface area (Å²) in [6.45, 7) is 6.84. The number of nitrogens with zero attached hydrogens (tertiary/aromatic N) is 3. The molecule has 0 radical (unpaired) electrons. The molecule has 0 spiro atoms. The lowest BCUT2D eigenvalue weighted by molar-refractivity contribution is -0.151. The predicted molar refractivity (Wildman–Crippen MR) is 76.8 cm³/mol. The number of methoxy groups -OCH3 is 1. The number of aromatic nitrogens is 2. The first-order valence-electron chi connectivity index (χ1n) is 7.70. The van der Waals surface area contributed by atoms with Crippen molar-refractivity contribution in [3.63, 3.8) is 0 Å². The Labute approximate surface area is 125 Å². The molecule has 6 nitrogen and oxygen atoms in total. The van der Waals surface area contributed by atoms with Crippen LogP contribution < -0.4 is 0 Å². The van der Waals surface area contributed by atoms with E-state index in [1.165, 1.54) is 12.8 Å². The summed E-state index contributed by atoms with van der Waals surface area (Å²) in [4.78, 5) is 6.76.